The molecule has 0 fully saturated rings. The molecule has 0 aliphatic carbocycles. The van der Waals surface area contributed by atoms with Crippen LogP contribution in [0.5, 0.6) is 0 Å². The second kappa shape index (κ2) is 4.41. The van der Waals surface area contributed by atoms with Crippen LogP contribution in [-0.4, -0.2) is 24.8 Å². The van der Waals surface area contributed by atoms with Crippen LogP contribution in [0.4, 0.5) is 5.88 Å². The summed E-state index contributed by atoms with van der Waals surface area (Å²) in [5.74, 6) is 0.0687. The van der Waals surface area contributed by atoms with Gasteiger partial charge in [-0.15, -0.1) is 0 Å². The van der Waals surface area contributed by atoms with Crippen molar-refractivity contribution in [2.45, 2.75) is 12.2 Å². The van der Waals surface area contributed by atoms with E-state index < -0.39 is 15.1 Å². The molecule has 1 unspecified atom stereocenters. The smallest absolute Gasteiger partial charge is 0.231 e. The Balaban J connectivity index is 2.60. The summed E-state index contributed by atoms with van der Waals surface area (Å²) in [4.78, 5) is 4.13. The van der Waals surface area contributed by atoms with Crippen molar-refractivity contribution in [3.63, 3.8) is 0 Å². The number of anilines is 1. The topological polar surface area (TPSA) is 99.1 Å². The zero-order valence-electron chi connectivity index (χ0n) is 9.99. The predicted octanol–water partition coefficient (Wildman–Crippen LogP) is 1.42. The van der Waals surface area contributed by atoms with Gasteiger partial charge in [-0.05, 0) is 19.1 Å². The van der Waals surface area contributed by atoms with E-state index in [1.807, 2.05) is 0 Å². The van der Waals surface area contributed by atoms with E-state index in [1.54, 1.807) is 31.3 Å². The first kappa shape index (κ1) is 12.6. The number of nitrogens with zero attached hydrogens (tertiary/aromatic N) is 2. The summed E-state index contributed by atoms with van der Waals surface area (Å²) in [6.07, 6.45) is 2.74. The highest BCUT2D eigenvalue weighted by atomic mass is 32.2. The Labute approximate surface area is 105 Å². The summed E-state index contributed by atoms with van der Waals surface area (Å²) in [5, 5.41) is 2.94. The van der Waals surface area contributed by atoms with Gasteiger partial charge in [-0.2, -0.15) is 0 Å². The second-order valence-electron chi connectivity index (χ2n) is 3.99. The highest BCUT2D eigenvalue weighted by Gasteiger charge is 2.27. The number of aromatic nitrogens is 2. The number of sulfone groups is 1. The van der Waals surface area contributed by atoms with Crippen molar-refractivity contribution in [1.29, 1.82) is 0 Å². The summed E-state index contributed by atoms with van der Waals surface area (Å²) in [6.45, 7) is 1.54. The molecule has 0 bridgehead atoms. The lowest BCUT2D eigenvalue weighted by Crippen LogP contribution is -2.09. The normalized spacial score (nSPS) is 13.4. The van der Waals surface area contributed by atoms with Crippen molar-refractivity contribution >= 4 is 15.7 Å². The fraction of sp³-hybridized carbons (Fsp3) is 0.273. The van der Waals surface area contributed by atoms with E-state index in [9.17, 15) is 8.42 Å². The van der Waals surface area contributed by atoms with Crippen LogP contribution < -0.4 is 5.73 Å². The van der Waals surface area contributed by atoms with Gasteiger partial charge in [0.1, 0.15) is 10.9 Å². The molecule has 2 rings (SSSR count). The average Bonchev–Trinajstić information content (AvgIpc) is 2.70. The zero-order valence-corrected chi connectivity index (χ0v) is 10.8. The summed E-state index contributed by atoms with van der Waals surface area (Å²) in [7, 11) is -3.28. The number of rotatable bonds is 3. The lowest BCUT2D eigenvalue weighted by Gasteiger charge is -2.07. The van der Waals surface area contributed by atoms with Gasteiger partial charge in [-0.3, -0.25) is 4.98 Å². The van der Waals surface area contributed by atoms with Crippen LogP contribution in [0.2, 0.25) is 0 Å². The number of pyridine rings is 1. The summed E-state index contributed by atoms with van der Waals surface area (Å²) < 4.78 is 28.1. The Bertz CT molecular complexity index is 649. The molecule has 0 radical (unpaired) electrons. The highest BCUT2D eigenvalue weighted by Crippen LogP contribution is 2.34. The minimum Gasteiger partial charge on any atom is -0.367 e. The first-order valence-corrected chi connectivity index (χ1v) is 7.22. The number of hydrogen-bond acceptors (Lipinski definition) is 6. The standard InChI is InChI=1S/C11H13N3O3S/c1-7(18(2,15)16)10-9(11(12)17-14-10)8-5-3-4-6-13-8/h3-7H,12H2,1-2H3. The van der Waals surface area contributed by atoms with Gasteiger partial charge in [0.15, 0.2) is 9.84 Å². The van der Waals surface area contributed by atoms with Crippen molar-refractivity contribution < 1.29 is 12.9 Å². The van der Waals surface area contributed by atoms with Crippen LogP contribution in [0.1, 0.15) is 17.9 Å². The van der Waals surface area contributed by atoms with Crippen molar-refractivity contribution in [2.75, 3.05) is 12.0 Å². The Morgan fingerprint density at radius 2 is 2.11 bits per heavy atom. The van der Waals surface area contributed by atoms with Crippen LogP contribution in [0.3, 0.4) is 0 Å². The van der Waals surface area contributed by atoms with E-state index in [-0.39, 0.29) is 11.6 Å². The van der Waals surface area contributed by atoms with Gasteiger partial charge >= 0.3 is 0 Å². The number of hydrogen-bond donors (Lipinski definition) is 1. The van der Waals surface area contributed by atoms with E-state index >= 15 is 0 Å². The molecule has 2 aromatic rings. The SMILES string of the molecule is CC(c1noc(N)c1-c1ccccn1)S(C)(=O)=O. The predicted molar refractivity (Wildman–Crippen MR) is 67.4 cm³/mol. The van der Waals surface area contributed by atoms with Crippen LogP contribution in [0, 0.1) is 0 Å². The van der Waals surface area contributed by atoms with E-state index in [0.717, 1.165) is 6.26 Å². The molecule has 2 aromatic heterocycles. The largest absolute Gasteiger partial charge is 0.367 e. The molecule has 0 spiro atoms. The summed E-state index contributed by atoms with van der Waals surface area (Å²) >= 11 is 0. The molecule has 18 heavy (non-hydrogen) atoms. The molecule has 0 saturated carbocycles. The third-order valence-corrected chi connectivity index (χ3v) is 4.20. The lowest BCUT2D eigenvalue weighted by molar-refractivity contribution is 0.427. The van der Waals surface area contributed by atoms with Gasteiger partial charge in [0.25, 0.3) is 0 Å². The highest BCUT2D eigenvalue weighted by molar-refractivity contribution is 7.90. The molecular weight excluding hydrogens is 254 g/mol. The molecular formula is C11H13N3O3S. The quantitative estimate of drug-likeness (QED) is 0.903. The van der Waals surface area contributed by atoms with Crippen LogP contribution >= 0.6 is 0 Å². The molecule has 2 heterocycles. The van der Waals surface area contributed by atoms with E-state index in [4.69, 9.17) is 10.3 Å². The maximum absolute atomic E-state index is 11.6. The molecule has 0 amide bonds. The second-order valence-corrected chi connectivity index (χ2v) is 6.36. The Kier molecular flexibility index (Phi) is 3.08. The number of nitrogen functional groups attached to an aromatic ring is 1. The van der Waals surface area contributed by atoms with E-state index in [2.05, 4.69) is 10.1 Å². The minimum absolute atomic E-state index is 0.0687. The van der Waals surface area contributed by atoms with Gasteiger partial charge in [0, 0.05) is 12.5 Å². The molecule has 0 aliphatic heterocycles. The Morgan fingerprint density at radius 3 is 2.67 bits per heavy atom. The fourth-order valence-corrected chi connectivity index (χ4v) is 2.13. The summed E-state index contributed by atoms with van der Waals surface area (Å²) in [6, 6.07) is 5.26. The number of nitrogens with two attached hydrogens (primary N) is 1. The molecule has 0 aromatic carbocycles. The van der Waals surface area contributed by atoms with Crippen LogP contribution in [0.25, 0.3) is 11.3 Å². The van der Waals surface area contributed by atoms with Gasteiger partial charge in [-0.1, -0.05) is 11.2 Å². The molecule has 2 N–H and O–H groups in total. The van der Waals surface area contributed by atoms with Crippen LogP contribution in [-0.2, 0) is 9.84 Å². The third kappa shape index (κ3) is 2.21. The van der Waals surface area contributed by atoms with Crippen LogP contribution in [0.15, 0.2) is 28.9 Å². The van der Waals surface area contributed by atoms with Crippen molar-refractivity contribution in [3.05, 3.63) is 30.1 Å². The van der Waals surface area contributed by atoms with E-state index in [1.165, 1.54) is 0 Å². The Morgan fingerprint density at radius 1 is 1.39 bits per heavy atom. The van der Waals surface area contributed by atoms with Crippen molar-refractivity contribution in [3.8, 4) is 11.3 Å². The van der Waals surface area contributed by atoms with Crippen molar-refractivity contribution in [1.82, 2.24) is 10.1 Å². The minimum atomic E-state index is -3.28. The molecule has 0 saturated heterocycles. The van der Waals surface area contributed by atoms with Gasteiger partial charge in [0.05, 0.1) is 11.3 Å². The maximum Gasteiger partial charge on any atom is 0.231 e. The molecule has 0 aliphatic rings. The lowest BCUT2D eigenvalue weighted by atomic mass is 10.1. The van der Waals surface area contributed by atoms with Gasteiger partial charge < -0.3 is 10.3 Å². The maximum atomic E-state index is 11.6. The third-order valence-electron chi connectivity index (χ3n) is 2.69. The van der Waals surface area contributed by atoms with Gasteiger partial charge in [-0.25, -0.2) is 8.42 Å². The monoisotopic (exact) mass is 267 g/mol. The van der Waals surface area contributed by atoms with E-state index in [0.29, 0.717) is 11.3 Å². The average molecular weight is 267 g/mol. The molecule has 1 atom stereocenters. The molecule has 7 heteroatoms. The zero-order chi connectivity index (χ0) is 13.3. The Hall–Kier alpha value is -1.89. The fourth-order valence-electron chi connectivity index (χ4n) is 1.56. The first-order chi connectivity index (χ1) is 8.41. The molecule has 96 valence electrons. The van der Waals surface area contributed by atoms with Crippen molar-refractivity contribution in [2.24, 2.45) is 0 Å². The first-order valence-electron chi connectivity index (χ1n) is 5.26. The molecule has 6 nitrogen and oxygen atoms in total. The van der Waals surface area contributed by atoms with Gasteiger partial charge in [0.2, 0.25) is 5.88 Å². The summed E-state index contributed by atoms with van der Waals surface area (Å²) in [5.41, 5.74) is 6.96.